The van der Waals surface area contributed by atoms with E-state index in [0.717, 1.165) is 26.2 Å². The molecule has 2 aliphatic rings. The topological polar surface area (TPSA) is 73.0 Å². The van der Waals surface area contributed by atoms with Crippen molar-refractivity contribution < 1.29 is 14.4 Å². The fraction of sp³-hybridized carbons (Fsp3) is 0.800. The summed E-state index contributed by atoms with van der Waals surface area (Å²) in [5.74, 6) is -0.109. The second kappa shape index (κ2) is 7.19. The van der Waals surface area contributed by atoms with Crippen LogP contribution in [0.5, 0.6) is 0 Å². The molecule has 2 fully saturated rings. The van der Waals surface area contributed by atoms with E-state index >= 15 is 0 Å². The van der Waals surface area contributed by atoms with Crippen molar-refractivity contribution in [3.05, 3.63) is 0 Å². The number of likely N-dealkylation sites (N-methyl/N-ethyl adjacent to an activating group) is 1. The van der Waals surface area contributed by atoms with Crippen molar-refractivity contribution in [1.29, 1.82) is 0 Å². The van der Waals surface area contributed by atoms with Crippen LogP contribution < -0.4 is 5.32 Å². The maximum atomic E-state index is 12.2. The first-order valence-electron chi connectivity index (χ1n) is 8.02. The van der Waals surface area contributed by atoms with Gasteiger partial charge in [-0.1, -0.05) is 0 Å². The minimum atomic E-state index is -0.306. The molecule has 2 aliphatic heterocycles. The van der Waals surface area contributed by atoms with Crippen molar-refractivity contribution in [1.82, 2.24) is 20.0 Å². The van der Waals surface area contributed by atoms with Crippen molar-refractivity contribution in [3.63, 3.8) is 0 Å². The average Bonchev–Trinajstić information content (AvgIpc) is 2.73. The standard InChI is InChI=1S/C15H26N4O3/c1-4-19-14(21)9-12(15(19)22)18-7-5-17(6-8-18)10-13(20)16-11(2)3/h11-12H,4-10H2,1-3H3,(H,16,20)/t12-/m1/s1. The van der Waals surface area contributed by atoms with Gasteiger partial charge in [-0.2, -0.15) is 0 Å². The van der Waals surface area contributed by atoms with Crippen molar-refractivity contribution in [2.75, 3.05) is 39.3 Å². The Kier molecular flexibility index (Phi) is 5.52. The van der Waals surface area contributed by atoms with Crippen LogP contribution in [0.3, 0.4) is 0 Å². The van der Waals surface area contributed by atoms with Crippen LogP contribution in [0.4, 0.5) is 0 Å². The van der Waals surface area contributed by atoms with Gasteiger partial charge in [0.05, 0.1) is 19.0 Å². The van der Waals surface area contributed by atoms with E-state index in [0.29, 0.717) is 19.5 Å². The Morgan fingerprint density at radius 2 is 1.86 bits per heavy atom. The van der Waals surface area contributed by atoms with Crippen LogP contribution in [-0.2, 0) is 14.4 Å². The minimum Gasteiger partial charge on any atom is -0.353 e. The van der Waals surface area contributed by atoms with Gasteiger partial charge in [0.2, 0.25) is 17.7 Å². The molecule has 1 atom stereocenters. The molecule has 0 unspecified atom stereocenters. The first-order chi connectivity index (χ1) is 10.4. The van der Waals surface area contributed by atoms with Gasteiger partial charge in [-0.15, -0.1) is 0 Å². The van der Waals surface area contributed by atoms with Gasteiger partial charge in [0, 0.05) is 38.8 Å². The number of nitrogens with one attached hydrogen (secondary N) is 1. The molecular weight excluding hydrogens is 284 g/mol. The van der Waals surface area contributed by atoms with E-state index in [1.54, 1.807) is 0 Å². The first-order valence-corrected chi connectivity index (χ1v) is 8.02. The van der Waals surface area contributed by atoms with Crippen molar-refractivity contribution in [3.8, 4) is 0 Å². The van der Waals surface area contributed by atoms with Crippen LogP contribution >= 0.6 is 0 Å². The molecule has 2 rings (SSSR count). The third kappa shape index (κ3) is 3.84. The van der Waals surface area contributed by atoms with E-state index < -0.39 is 0 Å². The summed E-state index contributed by atoms with van der Waals surface area (Å²) in [5, 5.41) is 2.88. The zero-order valence-electron chi connectivity index (χ0n) is 13.7. The van der Waals surface area contributed by atoms with Crippen LogP contribution in [0.25, 0.3) is 0 Å². The summed E-state index contributed by atoms with van der Waals surface area (Å²) in [7, 11) is 0. The molecule has 0 spiro atoms. The number of piperazine rings is 1. The molecule has 7 heteroatoms. The monoisotopic (exact) mass is 310 g/mol. The molecule has 2 heterocycles. The predicted octanol–water partition coefficient (Wildman–Crippen LogP) is -0.724. The van der Waals surface area contributed by atoms with E-state index in [1.165, 1.54) is 4.90 Å². The number of nitrogens with zero attached hydrogens (tertiary/aromatic N) is 3. The SMILES string of the molecule is CCN1C(=O)C[C@@H](N2CCN(CC(=O)NC(C)C)CC2)C1=O. The maximum absolute atomic E-state index is 12.2. The summed E-state index contributed by atoms with van der Waals surface area (Å²) >= 11 is 0. The lowest BCUT2D eigenvalue weighted by atomic mass is 10.1. The zero-order chi connectivity index (χ0) is 16.3. The summed E-state index contributed by atoms with van der Waals surface area (Å²) in [4.78, 5) is 41.3. The van der Waals surface area contributed by atoms with Crippen LogP contribution in [0.1, 0.15) is 27.2 Å². The number of carbonyl (C=O) groups is 3. The smallest absolute Gasteiger partial charge is 0.247 e. The van der Waals surface area contributed by atoms with Crippen LogP contribution in [0.15, 0.2) is 0 Å². The molecule has 22 heavy (non-hydrogen) atoms. The Hall–Kier alpha value is -1.47. The summed E-state index contributed by atoms with van der Waals surface area (Å²) in [6, 6.07) is -0.157. The highest BCUT2D eigenvalue weighted by Crippen LogP contribution is 2.19. The molecule has 0 aromatic heterocycles. The Bertz CT molecular complexity index is 444. The molecule has 7 nitrogen and oxygen atoms in total. The predicted molar refractivity (Wildman–Crippen MR) is 82.1 cm³/mol. The minimum absolute atomic E-state index is 0.0349. The van der Waals surface area contributed by atoms with E-state index in [4.69, 9.17) is 0 Å². The number of carbonyl (C=O) groups excluding carboxylic acids is 3. The van der Waals surface area contributed by atoms with Gasteiger partial charge >= 0.3 is 0 Å². The summed E-state index contributed by atoms with van der Waals surface area (Å²) in [6.07, 6.45) is 0.292. The Morgan fingerprint density at radius 3 is 2.36 bits per heavy atom. The third-order valence-corrected chi connectivity index (χ3v) is 4.20. The molecule has 0 aliphatic carbocycles. The van der Waals surface area contributed by atoms with Gasteiger partial charge in [0.1, 0.15) is 0 Å². The largest absolute Gasteiger partial charge is 0.353 e. The van der Waals surface area contributed by atoms with Crippen molar-refractivity contribution in [2.45, 2.75) is 39.3 Å². The lowest BCUT2D eigenvalue weighted by Crippen LogP contribution is -2.54. The van der Waals surface area contributed by atoms with Gasteiger partial charge in [-0.05, 0) is 20.8 Å². The van der Waals surface area contributed by atoms with Gasteiger partial charge in [-0.25, -0.2) is 0 Å². The van der Waals surface area contributed by atoms with Gasteiger partial charge in [0.25, 0.3) is 0 Å². The quantitative estimate of drug-likeness (QED) is 0.678. The third-order valence-electron chi connectivity index (χ3n) is 4.20. The first kappa shape index (κ1) is 16.9. The molecule has 0 saturated carbocycles. The lowest BCUT2D eigenvalue weighted by molar-refractivity contribution is -0.139. The molecule has 3 amide bonds. The summed E-state index contributed by atoms with van der Waals surface area (Å²) in [5.41, 5.74) is 0. The number of amides is 3. The number of rotatable bonds is 5. The van der Waals surface area contributed by atoms with Crippen LogP contribution in [0, 0.1) is 0 Å². The van der Waals surface area contributed by atoms with Gasteiger partial charge in [-0.3, -0.25) is 29.1 Å². The van der Waals surface area contributed by atoms with Gasteiger partial charge < -0.3 is 5.32 Å². The Morgan fingerprint density at radius 1 is 1.23 bits per heavy atom. The highest BCUT2D eigenvalue weighted by atomic mass is 16.2. The number of likely N-dealkylation sites (tertiary alicyclic amines) is 1. The van der Waals surface area contributed by atoms with Crippen LogP contribution in [-0.4, -0.2) is 83.8 Å². The second-order valence-electron chi connectivity index (χ2n) is 6.23. The number of hydrogen-bond acceptors (Lipinski definition) is 5. The second-order valence-corrected chi connectivity index (χ2v) is 6.23. The fourth-order valence-corrected chi connectivity index (χ4v) is 3.09. The number of hydrogen-bond donors (Lipinski definition) is 1. The lowest BCUT2D eigenvalue weighted by Gasteiger charge is -2.36. The van der Waals surface area contributed by atoms with Gasteiger partial charge in [0.15, 0.2) is 0 Å². The Labute approximate surface area is 131 Å². The number of imide groups is 1. The van der Waals surface area contributed by atoms with E-state index in [9.17, 15) is 14.4 Å². The molecule has 1 N–H and O–H groups in total. The molecule has 0 aromatic carbocycles. The van der Waals surface area contributed by atoms with Crippen LogP contribution in [0.2, 0.25) is 0 Å². The maximum Gasteiger partial charge on any atom is 0.247 e. The normalized spacial score (nSPS) is 24.4. The zero-order valence-corrected chi connectivity index (χ0v) is 13.7. The molecule has 0 radical (unpaired) electrons. The van der Waals surface area contributed by atoms with E-state index in [2.05, 4.69) is 15.1 Å². The highest BCUT2D eigenvalue weighted by Gasteiger charge is 2.41. The average molecular weight is 310 g/mol. The molecule has 0 bridgehead atoms. The summed E-state index contributed by atoms with van der Waals surface area (Å²) in [6.45, 7) is 9.48. The van der Waals surface area contributed by atoms with Crippen molar-refractivity contribution in [2.24, 2.45) is 0 Å². The molecule has 2 saturated heterocycles. The summed E-state index contributed by atoms with van der Waals surface area (Å²) < 4.78 is 0. The van der Waals surface area contributed by atoms with E-state index in [-0.39, 0.29) is 29.8 Å². The highest BCUT2D eigenvalue weighted by molar-refractivity contribution is 6.05. The molecule has 124 valence electrons. The van der Waals surface area contributed by atoms with Crippen molar-refractivity contribution >= 4 is 17.7 Å². The fourth-order valence-electron chi connectivity index (χ4n) is 3.09. The Balaban J connectivity index is 1.81. The molecule has 0 aromatic rings. The molecular formula is C15H26N4O3. The van der Waals surface area contributed by atoms with E-state index in [1.807, 2.05) is 20.8 Å².